The smallest absolute Gasteiger partial charge is 0.277 e. The number of rotatable bonds is 10. The van der Waals surface area contributed by atoms with Crippen LogP contribution in [-0.2, 0) is 11.4 Å². The molecule has 1 N–H and O–H groups in total. The van der Waals surface area contributed by atoms with E-state index in [2.05, 4.69) is 42.4 Å². The van der Waals surface area contributed by atoms with Crippen LogP contribution in [0.3, 0.4) is 0 Å². The predicted octanol–water partition coefficient (Wildman–Crippen LogP) is 5.86. The van der Waals surface area contributed by atoms with Gasteiger partial charge in [-0.1, -0.05) is 28.1 Å². The molecule has 6 nitrogen and oxygen atoms in total. The zero-order valence-corrected chi connectivity index (χ0v) is 20.9. The lowest BCUT2D eigenvalue weighted by molar-refractivity contribution is -0.123. The summed E-state index contributed by atoms with van der Waals surface area (Å²) in [5, 5.41) is 3.99. The molecule has 33 heavy (non-hydrogen) atoms. The van der Waals surface area contributed by atoms with Crippen LogP contribution in [0.4, 0.5) is 4.39 Å². The normalized spacial score (nSPS) is 10.8. The van der Waals surface area contributed by atoms with E-state index in [-0.39, 0.29) is 19.0 Å². The van der Waals surface area contributed by atoms with Gasteiger partial charge in [-0.25, -0.2) is 9.82 Å². The Kier molecular flexibility index (Phi) is 9.26. The summed E-state index contributed by atoms with van der Waals surface area (Å²) < 4.78 is 31.7. The Labute approximate surface area is 208 Å². The van der Waals surface area contributed by atoms with Gasteiger partial charge in [0.2, 0.25) is 0 Å². The molecule has 0 bridgehead atoms. The molecule has 0 heterocycles. The van der Waals surface area contributed by atoms with Crippen molar-refractivity contribution in [1.82, 2.24) is 5.43 Å². The maximum Gasteiger partial charge on any atom is 0.277 e. The van der Waals surface area contributed by atoms with Gasteiger partial charge < -0.3 is 14.2 Å². The summed E-state index contributed by atoms with van der Waals surface area (Å²) in [5.41, 5.74) is 3.94. The topological polar surface area (TPSA) is 69.2 Å². The lowest BCUT2D eigenvalue weighted by Crippen LogP contribution is -2.24. The molecule has 0 saturated heterocycles. The second-order valence-corrected chi connectivity index (χ2v) is 8.47. The van der Waals surface area contributed by atoms with Crippen LogP contribution >= 0.6 is 31.9 Å². The average molecular weight is 580 g/mol. The molecule has 3 aromatic carbocycles. The standard InChI is InChI=1S/C24H21Br2FN2O4/c1-2-31-22-11-17(13-28-29-24(30)15-32-20-9-5-18(25)6-10-20)21(26)12-23(22)33-14-16-3-7-19(27)8-4-16/h3-13H,2,14-15H2,1H3,(H,29,30)/b28-13-. The van der Waals surface area contributed by atoms with Crippen molar-refractivity contribution in [3.05, 3.63) is 86.6 Å². The van der Waals surface area contributed by atoms with E-state index in [9.17, 15) is 9.18 Å². The molecule has 0 aliphatic rings. The third-order valence-electron chi connectivity index (χ3n) is 4.25. The number of ether oxygens (including phenoxy) is 3. The van der Waals surface area contributed by atoms with Crippen molar-refractivity contribution in [2.45, 2.75) is 13.5 Å². The van der Waals surface area contributed by atoms with Crippen LogP contribution < -0.4 is 19.6 Å². The summed E-state index contributed by atoms with van der Waals surface area (Å²) in [5.74, 6) is 0.936. The van der Waals surface area contributed by atoms with E-state index >= 15 is 0 Å². The third kappa shape index (κ3) is 7.87. The molecule has 0 saturated carbocycles. The zero-order chi connectivity index (χ0) is 23.6. The molecule has 0 aromatic heterocycles. The van der Waals surface area contributed by atoms with Crippen LogP contribution in [0.2, 0.25) is 0 Å². The van der Waals surface area contributed by atoms with Crippen LogP contribution in [0.5, 0.6) is 17.2 Å². The summed E-state index contributed by atoms with van der Waals surface area (Å²) in [6.07, 6.45) is 1.49. The van der Waals surface area contributed by atoms with E-state index in [1.807, 2.05) is 19.1 Å². The third-order valence-corrected chi connectivity index (χ3v) is 5.46. The van der Waals surface area contributed by atoms with E-state index in [1.54, 1.807) is 36.4 Å². The highest BCUT2D eigenvalue weighted by Crippen LogP contribution is 2.34. The fourth-order valence-corrected chi connectivity index (χ4v) is 3.35. The van der Waals surface area contributed by atoms with Gasteiger partial charge in [0, 0.05) is 14.5 Å². The van der Waals surface area contributed by atoms with Crippen LogP contribution in [0.1, 0.15) is 18.1 Å². The summed E-state index contributed by atoms with van der Waals surface area (Å²) in [7, 11) is 0. The molecule has 1 amide bonds. The van der Waals surface area contributed by atoms with E-state index in [0.717, 1.165) is 10.0 Å². The molecule has 0 aliphatic carbocycles. The Hall–Kier alpha value is -2.91. The number of carbonyl (C=O) groups is 1. The molecule has 0 unspecified atom stereocenters. The van der Waals surface area contributed by atoms with E-state index < -0.39 is 5.91 Å². The number of halogens is 3. The zero-order valence-electron chi connectivity index (χ0n) is 17.7. The van der Waals surface area contributed by atoms with E-state index in [1.165, 1.54) is 18.3 Å². The molecule has 3 rings (SSSR count). The van der Waals surface area contributed by atoms with Gasteiger partial charge in [-0.15, -0.1) is 0 Å². The Bertz CT molecular complexity index is 1110. The highest BCUT2D eigenvalue weighted by molar-refractivity contribution is 9.10. The first-order chi connectivity index (χ1) is 15.9. The Morgan fingerprint density at radius 2 is 1.70 bits per heavy atom. The highest BCUT2D eigenvalue weighted by Gasteiger charge is 2.11. The summed E-state index contributed by atoms with van der Waals surface area (Å²) in [4.78, 5) is 12.0. The lowest BCUT2D eigenvalue weighted by atomic mass is 10.2. The van der Waals surface area contributed by atoms with Crippen molar-refractivity contribution in [2.75, 3.05) is 13.2 Å². The number of amides is 1. The van der Waals surface area contributed by atoms with Gasteiger partial charge in [-0.05, 0) is 76.9 Å². The lowest BCUT2D eigenvalue weighted by Gasteiger charge is -2.14. The summed E-state index contributed by atoms with van der Waals surface area (Å²) in [6.45, 7) is 2.40. The van der Waals surface area contributed by atoms with Gasteiger partial charge in [0.1, 0.15) is 18.2 Å². The first-order valence-corrected chi connectivity index (χ1v) is 11.6. The van der Waals surface area contributed by atoms with Crippen LogP contribution in [-0.4, -0.2) is 25.3 Å². The van der Waals surface area contributed by atoms with Crippen molar-refractivity contribution in [1.29, 1.82) is 0 Å². The number of carbonyl (C=O) groups excluding carboxylic acids is 1. The number of hydrazone groups is 1. The molecular weight excluding hydrogens is 559 g/mol. The first kappa shape index (κ1) is 24.7. The van der Waals surface area contributed by atoms with Crippen molar-refractivity contribution in [3.8, 4) is 17.2 Å². The number of benzene rings is 3. The minimum atomic E-state index is -0.394. The molecule has 9 heteroatoms. The first-order valence-electron chi connectivity index (χ1n) is 9.98. The van der Waals surface area contributed by atoms with Crippen LogP contribution in [0.25, 0.3) is 0 Å². The van der Waals surface area contributed by atoms with Crippen LogP contribution in [0, 0.1) is 5.82 Å². The van der Waals surface area contributed by atoms with Crippen molar-refractivity contribution >= 4 is 44.0 Å². The van der Waals surface area contributed by atoms with Gasteiger partial charge in [0.25, 0.3) is 5.91 Å². The SMILES string of the molecule is CCOc1cc(/C=N\NC(=O)COc2ccc(Br)cc2)c(Br)cc1OCc1ccc(F)cc1. The second-order valence-electron chi connectivity index (χ2n) is 6.70. The van der Waals surface area contributed by atoms with Gasteiger partial charge in [0.15, 0.2) is 18.1 Å². The predicted molar refractivity (Wildman–Crippen MR) is 131 cm³/mol. The molecule has 0 radical (unpaired) electrons. The van der Waals surface area contributed by atoms with Gasteiger partial charge >= 0.3 is 0 Å². The molecular formula is C24H21Br2FN2O4. The fourth-order valence-electron chi connectivity index (χ4n) is 2.66. The van der Waals surface area contributed by atoms with Crippen molar-refractivity contribution < 1.29 is 23.4 Å². The molecule has 0 aliphatic heterocycles. The molecule has 0 atom stereocenters. The maximum atomic E-state index is 13.1. The summed E-state index contributed by atoms with van der Waals surface area (Å²) in [6, 6.07) is 16.8. The molecule has 0 spiro atoms. The van der Waals surface area contributed by atoms with Gasteiger partial charge in [-0.3, -0.25) is 4.79 Å². The fraction of sp³-hybridized carbons (Fsp3) is 0.167. The monoisotopic (exact) mass is 578 g/mol. The minimum Gasteiger partial charge on any atom is -0.490 e. The van der Waals surface area contributed by atoms with Gasteiger partial charge in [-0.2, -0.15) is 5.10 Å². The van der Waals surface area contributed by atoms with Gasteiger partial charge in [0.05, 0.1) is 12.8 Å². The van der Waals surface area contributed by atoms with E-state index in [4.69, 9.17) is 14.2 Å². The Morgan fingerprint density at radius 1 is 1.00 bits per heavy atom. The second kappa shape index (κ2) is 12.4. The quantitative estimate of drug-likeness (QED) is 0.241. The van der Waals surface area contributed by atoms with E-state index in [0.29, 0.717) is 33.9 Å². The average Bonchev–Trinajstić information content (AvgIpc) is 2.80. The number of nitrogens with zero attached hydrogens (tertiary/aromatic N) is 1. The largest absolute Gasteiger partial charge is 0.490 e. The van der Waals surface area contributed by atoms with Crippen molar-refractivity contribution in [2.24, 2.45) is 5.10 Å². The maximum absolute atomic E-state index is 13.1. The van der Waals surface area contributed by atoms with Crippen molar-refractivity contribution in [3.63, 3.8) is 0 Å². The number of hydrogen-bond donors (Lipinski definition) is 1. The molecule has 172 valence electrons. The summed E-state index contributed by atoms with van der Waals surface area (Å²) >= 11 is 6.83. The Morgan fingerprint density at radius 3 is 2.39 bits per heavy atom. The number of nitrogens with one attached hydrogen (secondary N) is 1. The molecule has 0 fully saturated rings. The molecule has 3 aromatic rings. The minimum absolute atomic E-state index is 0.166. The highest BCUT2D eigenvalue weighted by atomic mass is 79.9. The Balaban J connectivity index is 1.60. The number of hydrogen-bond acceptors (Lipinski definition) is 5. The van der Waals surface area contributed by atoms with Crippen LogP contribution in [0.15, 0.2) is 74.7 Å².